The number of hydrogen-bond donors (Lipinski definition) is 1. The fraction of sp³-hybridized carbons (Fsp3) is 0.636. The van der Waals surface area contributed by atoms with Crippen LogP contribution in [-0.4, -0.2) is 26.8 Å². The standard InChI is InChI=1S/C9H16N2.C2HF3O2/c1-3-4-5-6-9-10-7-8-11(9)2;3-2(4,5)1(6)7/h7-8H,3-6H2,1-2H3;(H,6,7). The lowest BCUT2D eigenvalue weighted by Crippen LogP contribution is -2.21. The maximum atomic E-state index is 10.6. The molecule has 7 heteroatoms. The van der Waals surface area contributed by atoms with Crippen molar-refractivity contribution >= 4 is 5.97 Å². The van der Waals surface area contributed by atoms with Crippen molar-refractivity contribution < 1.29 is 23.1 Å². The average molecular weight is 266 g/mol. The molecule has 0 amide bonds. The maximum Gasteiger partial charge on any atom is 0.490 e. The summed E-state index contributed by atoms with van der Waals surface area (Å²) >= 11 is 0. The van der Waals surface area contributed by atoms with E-state index in [4.69, 9.17) is 9.90 Å². The van der Waals surface area contributed by atoms with E-state index < -0.39 is 12.1 Å². The molecule has 0 aliphatic heterocycles. The van der Waals surface area contributed by atoms with Crippen molar-refractivity contribution in [2.45, 2.75) is 38.8 Å². The van der Waals surface area contributed by atoms with E-state index in [0.29, 0.717) is 0 Å². The van der Waals surface area contributed by atoms with Gasteiger partial charge in [0.25, 0.3) is 0 Å². The van der Waals surface area contributed by atoms with Crippen LogP contribution < -0.4 is 0 Å². The van der Waals surface area contributed by atoms with E-state index in [1.165, 1.54) is 25.1 Å². The Bertz CT molecular complexity index is 361. The predicted molar refractivity (Wildman–Crippen MR) is 60.1 cm³/mol. The summed E-state index contributed by atoms with van der Waals surface area (Å²) in [6.07, 6.45) is 3.76. The predicted octanol–water partition coefficient (Wildman–Crippen LogP) is 2.79. The van der Waals surface area contributed by atoms with Gasteiger partial charge in [-0.15, -0.1) is 0 Å². The summed E-state index contributed by atoms with van der Waals surface area (Å²) in [5.41, 5.74) is 0. The summed E-state index contributed by atoms with van der Waals surface area (Å²) < 4.78 is 33.8. The Morgan fingerprint density at radius 3 is 2.33 bits per heavy atom. The molecule has 0 aromatic carbocycles. The molecular formula is C11H17F3N2O2. The van der Waals surface area contributed by atoms with E-state index in [-0.39, 0.29) is 0 Å². The second-order valence-electron chi connectivity index (χ2n) is 3.71. The van der Waals surface area contributed by atoms with Gasteiger partial charge in [-0.05, 0) is 6.42 Å². The summed E-state index contributed by atoms with van der Waals surface area (Å²) in [5, 5.41) is 7.12. The molecule has 104 valence electrons. The van der Waals surface area contributed by atoms with Gasteiger partial charge in [0.15, 0.2) is 0 Å². The number of alkyl halides is 3. The third-order valence-corrected chi connectivity index (χ3v) is 2.17. The van der Waals surface area contributed by atoms with Gasteiger partial charge in [0.05, 0.1) is 0 Å². The average Bonchev–Trinajstić information content (AvgIpc) is 2.64. The molecule has 1 heterocycles. The van der Waals surface area contributed by atoms with Crippen LogP contribution in [0.15, 0.2) is 12.4 Å². The molecule has 0 atom stereocenters. The van der Waals surface area contributed by atoms with Gasteiger partial charge in [-0.3, -0.25) is 0 Å². The van der Waals surface area contributed by atoms with Crippen molar-refractivity contribution in [3.63, 3.8) is 0 Å². The molecule has 0 bridgehead atoms. The van der Waals surface area contributed by atoms with Crippen LogP contribution in [-0.2, 0) is 18.3 Å². The number of rotatable bonds is 4. The minimum atomic E-state index is -5.08. The van der Waals surface area contributed by atoms with Gasteiger partial charge in [0.2, 0.25) is 0 Å². The van der Waals surface area contributed by atoms with Crippen LogP contribution in [0.25, 0.3) is 0 Å². The minimum absolute atomic E-state index is 1.12. The SMILES string of the molecule is CCCCCc1nccn1C.O=C(O)C(F)(F)F. The first-order valence-corrected chi connectivity index (χ1v) is 5.55. The van der Waals surface area contributed by atoms with E-state index in [0.717, 1.165) is 6.42 Å². The molecule has 4 nitrogen and oxygen atoms in total. The molecule has 0 saturated carbocycles. The Balaban J connectivity index is 0.000000360. The molecule has 0 aliphatic rings. The molecule has 1 aromatic heterocycles. The number of aryl methyl sites for hydroxylation is 2. The molecular weight excluding hydrogens is 249 g/mol. The third kappa shape index (κ3) is 6.93. The van der Waals surface area contributed by atoms with Crippen LogP contribution in [0.4, 0.5) is 13.2 Å². The van der Waals surface area contributed by atoms with Gasteiger partial charge >= 0.3 is 12.1 Å². The highest BCUT2D eigenvalue weighted by Gasteiger charge is 2.38. The molecule has 0 saturated heterocycles. The largest absolute Gasteiger partial charge is 0.490 e. The minimum Gasteiger partial charge on any atom is -0.475 e. The fourth-order valence-corrected chi connectivity index (χ4v) is 1.17. The topological polar surface area (TPSA) is 55.1 Å². The summed E-state index contributed by atoms with van der Waals surface area (Å²) in [6, 6.07) is 0. The molecule has 0 radical (unpaired) electrons. The van der Waals surface area contributed by atoms with Crippen LogP contribution in [0.5, 0.6) is 0 Å². The van der Waals surface area contributed by atoms with Gasteiger partial charge in [-0.25, -0.2) is 9.78 Å². The molecule has 1 aromatic rings. The lowest BCUT2D eigenvalue weighted by molar-refractivity contribution is -0.192. The van der Waals surface area contributed by atoms with E-state index >= 15 is 0 Å². The molecule has 0 spiro atoms. The fourth-order valence-electron chi connectivity index (χ4n) is 1.17. The van der Waals surface area contributed by atoms with Gasteiger partial charge in [-0.1, -0.05) is 19.8 Å². The Kier molecular flexibility index (Phi) is 7.07. The zero-order valence-corrected chi connectivity index (χ0v) is 10.4. The highest BCUT2D eigenvalue weighted by molar-refractivity contribution is 5.73. The maximum absolute atomic E-state index is 10.6. The van der Waals surface area contributed by atoms with Crippen LogP contribution in [0.1, 0.15) is 32.0 Å². The molecule has 0 aliphatic carbocycles. The quantitative estimate of drug-likeness (QED) is 0.852. The first-order chi connectivity index (χ1) is 8.29. The first kappa shape index (κ1) is 16.5. The normalized spacial score (nSPS) is 10.7. The Morgan fingerprint density at radius 2 is 2.00 bits per heavy atom. The van der Waals surface area contributed by atoms with Crippen LogP contribution in [0.2, 0.25) is 0 Å². The van der Waals surface area contributed by atoms with Gasteiger partial charge in [0.1, 0.15) is 5.82 Å². The number of carboxylic acids is 1. The molecule has 0 fully saturated rings. The highest BCUT2D eigenvalue weighted by Crippen LogP contribution is 2.13. The number of carbonyl (C=O) groups is 1. The Labute approximate surface area is 103 Å². The van der Waals surface area contributed by atoms with Gasteiger partial charge in [-0.2, -0.15) is 13.2 Å². The van der Waals surface area contributed by atoms with Gasteiger partial charge in [0, 0.05) is 25.9 Å². The lowest BCUT2D eigenvalue weighted by Gasteiger charge is -1.99. The van der Waals surface area contributed by atoms with Crippen molar-refractivity contribution in [1.82, 2.24) is 9.55 Å². The molecule has 1 rings (SSSR count). The zero-order valence-electron chi connectivity index (χ0n) is 10.4. The number of nitrogens with zero attached hydrogens (tertiary/aromatic N) is 2. The lowest BCUT2D eigenvalue weighted by atomic mass is 10.2. The van der Waals surface area contributed by atoms with E-state index in [2.05, 4.69) is 16.5 Å². The van der Waals surface area contributed by atoms with Crippen molar-refractivity contribution in [2.75, 3.05) is 0 Å². The van der Waals surface area contributed by atoms with Crippen LogP contribution >= 0.6 is 0 Å². The second-order valence-corrected chi connectivity index (χ2v) is 3.71. The Hall–Kier alpha value is -1.53. The summed E-state index contributed by atoms with van der Waals surface area (Å²) in [6.45, 7) is 2.22. The molecule has 18 heavy (non-hydrogen) atoms. The van der Waals surface area contributed by atoms with E-state index in [1.807, 2.05) is 19.4 Å². The Morgan fingerprint density at radius 1 is 1.44 bits per heavy atom. The number of aromatic nitrogens is 2. The summed E-state index contributed by atoms with van der Waals surface area (Å²) in [7, 11) is 2.05. The molecule has 1 N–H and O–H groups in total. The molecule has 0 unspecified atom stereocenters. The van der Waals surface area contributed by atoms with E-state index in [1.54, 1.807) is 0 Å². The monoisotopic (exact) mass is 266 g/mol. The van der Waals surface area contributed by atoms with Crippen LogP contribution in [0.3, 0.4) is 0 Å². The van der Waals surface area contributed by atoms with Crippen molar-refractivity contribution in [2.24, 2.45) is 7.05 Å². The number of hydrogen-bond acceptors (Lipinski definition) is 2. The van der Waals surface area contributed by atoms with Crippen molar-refractivity contribution in [3.05, 3.63) is 18.2 Å². The second kappa shape index (κ2) is 7.73. The third-order valence-electron chi connectivity index (χ3n) is 2.17. The number of imidazole rings is 1. The van der Waals surface area contributed by atoms with Crippen molar-refractivity contribution in [1.29, 1.82) is 0 Å². The number of aliphatic carboxylic acids is 1. The van der Waals surface area contributed by atoms with Gasteiger partial charge < -0.3 is 9.67 Å². The van der Waals surface area contributed by atoms with E-state index in [9.17, 15) is 13.2 Å². The number of halogens is 3. The summed E-state index contributed by atoms with van der Waals surface area (Å²) in [4.78, 5) is 13.1. The van der Waals surface area contributed by atoms with Crippen LogP contribution in [0, 0.1) is 0 Å². The number of unbranched alkanes of at least 4 members (excludes halogenated alkanes) is 2. The zero-order chi connectivity index (χ0) is 14.2. The summed E-state index contributed by atoms with van der Waals surface area (Å²) in [5.74, 6) is -1.55. The van der Waals surface area contributed by atoms with Crippen molar-refractivity contribution in [3.8, 4) is 0 Å². The highest BCUT2D eigenvalue weighted by atomic mass is 19.4. The smallest absolute Gasteiger partial charge is 0.475 e. The first-order valence-electron chi connectivity index (χ1n) is 5.55. The number of carboxylic acid groups (broad SMARTS) is 1.